The molecule has 1 fully saturated rings. The molecule has 0 saturated carbocycles. The molecule has 1 aromatic carbocycles. The minimum absolute atomic E-state index is 0.0706. The third kappa shape index (κ3) is 2.53. The van der Waals surface area contributed by atoms with Crippen LogP contribution in [-0.2, 0) is 14.8 Å². The first-order chi connectivity index (χ1) is 9.48. The summed E-state index contributed by atoms with van der Waals surface area (Å²) in [6, 6.07) is 7.00. The van der Waals surface area contributed by atoms with E-state index in [-0.39, 0.29) is 17.0 Å². The number of amides is 1. The van der Waals surface area contributed by atoms with E-state index in [2.05, 4.69) is 0 Å². The monoisotopic (exact) mass is 293 g/mol. The Bertz CT molecular complexity index is 664. The topological polar surface area (TPSA) is 104 Å². The van der Waals surface area contributed by atoms with E-state index in [0.717, 1.165) is 10.7 Å². The molecule has 0 aliphatic carbocycles. The van der Waals surface area contributed by atoms with E-state index in [9.17, 15) is 13.2 Å². The standard InChI is InChI=1S/C13H15N3O3S/c14-9-10-5-1-2-7-12(10)20(18,19)16-8-4-3-6-11(16)13(15)17/h1-2,5,7,11H,3-4,6,8H2,(H2,15,17)/t11-/m0/s1. The van der Waals surface area contributed by atoms with E-state index >= 15 is 0 Å². The summed E-state index contributed by atoms with van der Waals surface area (Å²) in [5.41, 5.74) is 5.36. The second-order valence-electron chi connectivity index (χ2n) is 4.64. The molecule has 1 aliphatic rings. The molecule has 1 aromatic rings. The number of carbonyl (C=O) groups is 1. The van der Waals surface area contributed by atoms with Gasteiger partial charge in [-0.2, -0.15) is 9.57 Å². The largest absolute Gasteiger partial charge is 0.368 e. The number of hydrogen-bond acceptors (Lipinski definition) is 4. The number of carbonyl (C=O) groups excluding carboxylic acids is 1. The summed E-state index contributed by atoms with van der Waals surface area (Å²) in [4.78, 5) is 11.4. The van der Waals surface area contributed by atoms with Gasteiger partial charge in [-0.3, -0.25) is 4.79 Å². The summed E-state index contributed by atoms with van der Waals surface area (Å²) < 4.78 is 26.4. The molecule has 0 aromatic heterocycles. The van der Waals surface area contributed by atoms with Gasteiger partial charge in [-0.1, -0.05) is 18.6 Å². The average Bonchev–Trinajstić information content (AvgIpc) is 2.47. The highest BCUT2D eigenvalue weighted by Gasteiger charge is 2.37. The summed E-state index contributed by atoms with van der Waals surface area (Å²) in [6.07, 6.45) is 1.86. The maximum absolute atomic E-state index is 12.6. The fraction of sp³-hybridized carbons (Fsp3) is 0.385. The van der Waals surface area contributed by atoms with Crippen molar-refractivity contribution in [3.8, 4) is 6.07 Å². The zero-order valence-electron chi connectivity index (χ0n) is 10.8. The Morgan fingerprint density at radius 3 is 2.70 bits per heavy atom. The van der Waals surface area contributed by atoms with Crippen LogP contribution in [0.25, 0.3) is 0 Å². The SMILES string of the molecule is N#Cc1ccccc1S(=O)(=O)N1CCCC[C@H]1C(N)=O. The number of piperidine rings is 1. The van der Waals surface area contributed by atoms with Crippen LogP contribution in [-0.4, -0.2) is 31.2 Å². The van der Waals surface area contributed by atoms with Gasteiger partial charge in [0.1, 0.15) is 12.1 Å². The van der Waals surface area contributed by atoms with E-state index in [4.69, 9.17) is 11.0 Å². The number of benzene rings is 1. The maximum Gasteiger partial charge on any atom is 0.245 e. The molecule has 1 amide bonds. The lowest BCUT2D eigenvalue weighted by molar-refractivity contribution is -0.122. The van der Waals surface area contributed by atoms with Crippen molar-refractivity contribution < 1.29 is 13.2 Å². The van der Waals surface area contributed by atoms with Crippen LogP contribution >= 0.6 is 0 Å². The molecule has 2 N–H and O–H groups in total. The summed E-state index contributed by atoms with van der Waals surface area (Å²) in [6.45, 7) is 0.246. The number of hydrogen-bond donors (Lipinski definition) is 1. The van der Waals surface area contributed by atoms with Gasteiger partial charge in [-0.05, 0) is 25.0 Å². The second-order valence-corrected chi connectivity index (χ2v) is 6.50. The molecule has 20 heavy (non-hydrogen) atoms. The van der Waals surface area contributed by atoms with Crippen LogP contribution < -0.4 is 5.73 Å². The van der Waals surface area contributed by atoms with Crippen molar-refractivity contribution in [1.29, 1.82) is 5.26 Å². The molecule has 0 spiro atoms. The van der Waals surface area contributed by atoms with Crippen molar-refractivity contribution in [1.82, 2.24) is 4.31 Å². The Hall–Kier alpha value is -1.91. The van der Waals surface area contributed by atoms with Crippen LogP contribution in [0, 0.1) is 11.3 Å². The van der Waals surface area contributed by atoms with Crippen molar-refractivity contribution in [3.63, 3.8) is 0 Å². The number of nitriles is 1. The zero-order valence-corrected chi connectivity index (χ0v) is 11.6. The van der Waals surface area contributed by atoms with Crippen LogP contribution in [0.2, 0.25) is 0 Å². The smallest absolute Gasteiger partial charge is 0.245 e. The first-order valence-corrected chi connectivity index (χ1v) is 7.73. The molecule has 1 saturated heterocycles. The second kappa shape index (κ2) is 5.61. The predicted octanol–water partition coefficient (Wildman–Crippen LogP) is 0.587. The van der Waals surface area contributed by atoms with Crippen molar-refractivity contribution in [2.75, 3.05) is 6.54 Å². The summed E-state index contributed by atoms with van der Waals surface area (Å²) in [7, 11) is -3.89. The minimum atomic E-state index is -3.89. The Kier molecular flexibility index (Phi) is 4.06. The van der Waals surface area contributed by atoms with Gasteiger partial charge >= 0.3 is 0 Å². The van der Waals surface area contributed by atoms with Gasteiger partial charge in [0.15, 0.2) is 0 Å². The Morgan fingerprint density at radius 1 is 1.35 bits per heavy atom. The number of rotatable bonds is 3. The summed E-state index contributed by atoms with van der Waals surface area (Å²) in [5, 5.41) is 9.03. The first kappa shape index (κ1) is 14.5. The Labute approximate surface area is 117 Å². The van der Waals surface area contributed by atoms with Crippen LogP contribution in [0.15, 0.2) is 29.2 Å². The van der Waals surface area contributed by atoms with Gasteiger partial charge in [-0.25, -0.2) is 8.42 Å². The highest BCUT2D eigenvalue weighted by molar-refractivity contribution is 7.89. The average molecular weight is 293 g/mol. The molecule has 6 nitrogen and oxygen atoms in total. The summed E-state index contributed by atoms with van der Waals surface area (Å²) >= 11 is 0. The van der Waals surface area contributed by atoms with Crippen molar-refractivity contribution in [2.45, 2.75) is 30.2 Å². The zero-order chi connectivity index (χ0) is 14.8. The molecule has 1 atom stereocenters. The molecular weight excluding hydrogens is 278 g/mol. The van der Waals surface area contributed by atoms with Gasteiger partial charge in [0, 0.05) is 6.54 Å². The number of primary amides is 1. The van der Waals surface area contributed by atoms with E-state index in [1.54, 1.807) is 12.1 Å². The van der Waals surface area contributed by atoms with Crippen LogP contribution in [0.1, 0.15) is 24.8 Å². The van der Waals surface area contributed by atoms with Crippen LogP contribution in [0.5, 0.6) is 0 Å². The molecule has 0 bridgehead atoms. The molecule has 1 heterocycles. The lowest BCUT2D eigenvalue weighted by Crippen LogP contribution is -2.50. The minimum Gasteiger partial charge on any atom is -0.368 e. The van der Waals surface area contributed by atoms with Gasteiger partial charge in [0.2, 0.25) is 15.9 Å². The number of nitrogens with two attached hydrogens (primary N) is 1. The predicted molar refractivity (Wildman–Crippen MR) is 71.9 cm³/mol. The molecule has 0 unspecified atom stereocenters. The van der Waals surface area contributed by atoms with E-state index < -0.39 is 22.0 Å². The van der Waals surface area contributed by atoms with E-state index in [1.807, 2.05) is 6.07 Å². The highest BCUT2D eigenvalue weighted by Crippen LogP contribution is 2.26. The van der Waals surface area contributed by atoms with Crippen LogP contribution in [0.3, 0.4) is 0 Å². The maximum atomic E-state index is 12.6. The molecule has 7 heteroatoms. The Balaban J connectivity index is 2.48. The Morgan fingerprint density at radius 2 is 2.05 bits per heavy atom. The third-order valence-electron chi connectivity index (χ3n) is 3.38. The fourth-order valence-corrected chi connectivity index (χ4v) is 4.20. The molecule has 0 radical (unpaired) electrons. The third-order valence-corrected chi connectivity index (χ3v) is 5.34. The lowest BCUT2D eigenvalue weighted by atomic mass is 10.0. The van der Waals surface area contributed by atoms with E-state index in [0.29, 0.717) is 12.8 Å². The fourth-order valence-electron chi connectivity index (χ4n) is 2.39. The molecule has 106 valence electrons. The highest BCUT2D eigenvalue weighted by atomic mass is 32.2. The van der Waals surface area contributed by atoms with Crippen molar-refractivity contribution in [2.24, 2.45) is 5.73 Å². The number of sulfonamides is 1. The van der Waals surface area contributed by atoms with Gasteiger partial charge < -0.3 is 5.73 Å². The van der Waals surface area contributed by atoms with Crippen molar-refractivity contribution in [3.05, 3.63) is 29.8 Å². The van der Waals surface area contributed by atoms with Crippen molar-refractivity contribution >= 4 is 15.9 Å². The van der Waals surface area contributed by atoms with Gasteiger partial charge in [-0.15, -0.1) is 0 Å². The first-order valence-electron chi connectivity index (χ1n) is 6.29. The van der Waals surface area contributed by atoms with Crippen LogP contribution in [0.4, 0.5) is 0 Å². The number of nitrogens with zero attached hydrogens (tertiary/aromatic N) is 2. The molecular formula is C13H15N3O3S. The quantitative estimate of drug-likeness (QED) is 0.880. The molecule has 2 rings (SSSR count). The lowest BCUT2D eigenvalue weighted by Gasteiger charge is -2.32. The normalized spacial score (nSPS) is 20.2. The summed E-state index contributed by atoms with van der Waals surface area (Å²) in [5.74, 6) is -0.650. The van der Waals surface area contributed by atoms with E-state index in [1.165, 1.54) is 12.1 Å². The molecule has 1 aliphatic heterocycles. The van der Waals surface area contributed by atoms with Gasteiger partial charge in [0.05, 0.1) is 10.5 Å². The van der Waals surface area contributed by atoms with Gasteiger partial charge in [0.25, 0.3) is 0 Å².